The van der Waals surface area contributed by atoms with Gasteiger partial charge in [0.15, 0.2) is 5.58 Å². The number of pyridine rings is 1. The largest absolute Gasteiger partial charge is 0.454 e. The van der Waals surface area contributed by atoms with Crippen molar-refractivity contribution in [1.82, 2.24) is 9.55 Å². The van der Waals surface area contributed by atoms with E-state index in [0.29, 0.717) is 0 Å². The molecule has 0 N–H and O–H groups in total. The van der Waals surface area contributed by atoms with Gasteiger partial charge in [-0.05, 0) is 93.5 Å². The van der Waals surface area contributed by atoms with Gasteiger partial charge in [0.05, 0.1) is 22.9 Å². The summed E-state index contributed by atoms with van der Waals surface area (Å²) in [7, 11) is 0. The molecular formula is C55H35N3O. The lowest BCUT2D eigenvalue weighted by Gasteiger charge is -2.28. The van der Waals surface area contributed by atoms with Crippen LogP contribution < -0.4 is 4.90 Å². The molecule has 0 fully saturated rings. The summed E-state index contributed by atoms with van der Waals surface area (Å²) >= 11 is 0. The summed E-state index contributed by atoms with van der Waals surface area (Å²) in [5.74, 6) is 0. The number of furan rings is 1. The van der Waals surface area contributed by atoms with Crippen LogP contribution in [0.25, 0.3) is 93.2 Å². The van der Waals surface area contributed by atoms with Crippen LogP contribution in [0.2, 0.25) is 0 Å². The molecule has 0 atom stereocenters. The maximum atomic E-state index is 6.38. The lowest BCUT2D eigenvalue weighted by atomic mass is 9.96. The van der Waals surface area contributed by atoms with E-state index in [0.717, 1.165) is 55.8 Å². The minimum Gasteiger partial charge on any atom is -0.454 e. The molecule has 0 aliphatic rings. The van der Waals surface area contributed by atoms with Crippen molar-refractivity contribution in [2.24, 2.45) is 0 Å². The fourth-order valence-electron chi connectivity index (χ4n) is 9.13. The first-order chi connectivity index (χ1) is 29.3. The summed E-state index contributed by atoms with van der Waals surface area (Å²) < 4.78 is 8.75. The molecule has 0 saturated heterocycles. The van der Waals surface area contributed by atoms with E-state index < -0.39 is 0 Å². The Labute approximate surface area is 340 Å². The fraction of sp³-hybridized carbons (Fsp3) is 0. The number of hydrogen-bond donors (Lipinski definition) is 0. The average Bonchev–Trinajstić information content (AvgIpc) is 3.86. The standard InChI is InChI=1S/C55H35N3O/c1-2-11-39-34-42(29-20-36(39)10-1)57(40-25-23-38(24-26-40)44-16-9-17-50-49-32-33-56-35-54(49)59-55(44)50)53-31-30-43(45-12-3-4-13-46(45)53)37-21-27-41(28-22-37)58-51-18-7-5-14-47(51)48-15-6-8-19-52(48)58/h1-35H. The van der Waals surface area contributed by atoms with E-state index in [9.17, 15) is 0 Å². The normalized spacial score (nSPS) is 11.7. The quantitative estimate of drug-likeness (QED) is 0.170. The number of nitrogens with zero attached hydrogens (tertiary/aromatic N) is 3. The Kier molecular flexibility index (Phi) is 7.50. The molecule has 0 aliphatic carbocycles. The van der Waals surface area contributed by atoms with Gasteiger partial charge in [0.1, 0.15) is 5.58 Å². The minimum atomic E-state index is 0.795. The van der Waals surface area contributed by atoms with Crippen LogP contribution in [0.3, 0.4) is 0 Å². The summed E-state index contributed by atoms with van der Waals surface area (Å²) in [5, 5.41) is 9.48. The molecule has 4 nitrogen and oxygen atoms in total. The molecule has 3 aromatic heterocycles. The number of anilines is 3. The third-order valence-electron chi connectivity index (χ3n) is 11.9. The first kappa shape index (κ1) is 33.2. The molecule has 59 heavy (non-hydrogen) atoms. The smallest absolute Gasteiger partial charge is 0.153 e. The molecule has 0 unspecified atom stereocenters. The van der Waals surface area contributed by atoms with E-state index in [2.05, 4.69) is 209 Å². The van der Waals surface area contributed by atoms with Gasteiger partial charge in [0.25, 0.3) is 0 Å². The van der Waals surface area contributed by atoms with Gasteiger partial charge in [0.2, 0.25) is 0 Å². The number of hydrogen-bond acceptors (Lipinski definition) is 3. The number of rotatable bonds is 6. The SMILES string of the molecule is c1ccc2cc(N(c3ccc(-c4cccc5c4oc4cnccc45)cc3)c3ccc(-c4ccc(-n5c6ccccc6c6ccccc65)cc4)c4ccccc34)ccc2c1. The summed E-state index contributed by atoms with van der Waals surface area (Å²) in [6.45, 7) is 0. The zero-order chi connectivity index (χ0) is 38.9. The minimum absolute atomic E-state index is 0.795. The van der Waals surface area contributed by atoms with Gasteiger partial charge < -0.3 is 13.9 Å². The van der Waals surface area contributed by atoms with Crippen LogP contribution >= 0.6 is 0 Å². The molecular weight excluding hydrogens is 719 g/mol. The maximum absolute atomic E-state index is 6.38. The molecule has 12 rings (SSSR count). The van der Waals surface area contributed by atoms with E-state index in [-0.39, 0.29) is 0 Å². The second-order valence-corrected chi connectivity index (χ2v) is 15.2. The van der Waals surface area contributed by atoms with Crippen LogP contribution in [0.5, 0.6) is 0 Å². The van der Waals surface area contributed by atoms with Crippen LogP contribution in [0.1, 0.15) is 0 Å². The maximum Gasteiger partial charge on any atom is 0.153 e. The van der Waals surface area contributed by atoms with Crippen molar-refractivity contribution in [1.29, 1.82) is 0 Å². The van der Waals surface area contributed by atoms with Crippen molar-refractivity contribution in [3.05, 3.63) is 213 Å². The van der Waals surface area contributed by atoms with E-state index in [1.807, 2.05) is 12.3 Å². The van der Waals surface area contributed by atoms with Gasteiger partial charge in [-0.1, -0.05) is 140 Å². The Morgan fingerprint density at radius 3 is 1.83 bits per heavy atom. The fourth-order valence-corrected chi connectivity index (χ4v) is 9.13. The zero-order valence-corrected chi connectivity index (χ0v) is 32.0. The number of fused-ring (bicyclic) bond motifs is 8. The van der Waals surface area contributed by atoms with Gasteiger partial charge in [-0.25, -0.2) is 0 Å². The highest BCUT2D eigenvalue weighted by atomic mass is 16.3. The van der Waals surface area contributed by atoms with Gasteiger partial charge in [-0.15, -0.1) is 0 Å². The number of aromatic nitrogens is 2. The van der Waals surface area contributed by atoms with E-state index in [4.69, 9.17) is 4.42 Å². The van der Waals surface area contributed by atoms with Crippen molar-refractivity contribution in [2.45, 2.75) is 0 Å². The van der Waals surface area contributed by atoms with Crippen LogP contribution in [-0.4, -0.2) is 9.55 Å². The molecule has 0 spiro atoms. The summed E-state index contributed by atoms with van der Waals surface area (Å²) in [5.41, 5.74) is 13.0. The Balaban J connectivity index is 0.981. The molecule has 0 radical (unpaired) electrons. The number of benzene rings is 9. The topological polar surface area (TPSA) is 34.2 Å². The second-order valence-electron chi connectivity index (χ2n) is 15.2. The van der Waals surface area contributed by atoms with Crippen molar-refractivity contribution in [2.75, 3.05) is 4.90 Å². The highest BCUT2D eigenvalue weighted by molar-refractivity contribution is 6.11. The summed E-state index contributed by atoms with van der Waals surface area (Å²) in [6.07, 6.45) is 3.61. The lowest BCUT2D eigenvalue weighted by Crippen LogP contribution is -2.10. The van der Waals surface area contributed by atoms with E-state index in [1.54, 1.807) is 6.20 Å². The van der Waals surface area contributed by atoms with Crippen molar-refractivity contribution in [3.63, 3.8) is 0 Å². The predicted molar refractivity (Wildman–Crippen MR) is 246 cm³/mol. The molecule has 12 aromatic rings. The monoisotopic (exact) mass is 753 g/mol. The highest BCUT2D eigenvalue weighted by Gasteiger charge is 2.20. The summed E-state index contributed by atoms with van der Waals surface area (Å²) in [4.78, 5) is 6.68. The Morgan fingerprint density at radius 1 is 0.424 bits per heavy atom. The van der Waals surface area contributed by atoms with Crippen LogP contribution in [0, 0.1) is 0 Å². The number of para-hydroxylation sites is 3. The predicted octanol–water partition coefficient (Wildman–Crippen LogP) is 15.2. The molecule has 0 bridgehead atoms. The summed E-state index contributed by atoms with van der Waals surface area (Å²) in [6, 6.07) is 72.3. The molecule has 3 heterocycles. The van der Waals surface area contributed by atoms with Gasteiger partial charge in [-0.2, -0.15) is 0 Å². The van der Waals surface area contributed by atoms with E-state index in [1.165, 1.54) is 54.5 Å². The Hall–Kier alpha value is -7.95. The van der Waals surface area contributed by atoms with Gasteiger partial charge >= 0.3 is 0 Å². The van der Waals surface area contributed by atoms with Crippen LogP contribution in [-0.2, 0) is 0 Å². The lowest BCUT2D eigenvalue weighted by molar-refractivity contribution is 0.668. The first-order valence-corrected chi connectivity index (χ1v) is 20.0. The molecule has 276 valence electrons. The molecule has 0 saturated carbocycles. The second kappa shape index (κ2) is 13.3. The third-order valence-corrected chi connectivity index (χ3v) is 11.9. The van der Waals surface area contributed by atoms with Crippen LogP contribution in [0.4, 0.5) is 17.1 Å². The molecule has 9 aromatic carbocycles. The Bertz CT molecular complexity index is 3510. The first-order valence-electron chi connectivity index (χ1n) is 20.0. The third kappa shape index (κ3) is 5.34. The highest BCUT2D eigenvalue weighted by Crippen LogP contribution is 2.44. The molecule has 0 amide bonds. The van der Waals surface area contributed by atoms with Gasteiger partial charge in [-0.3, -0.25) is 4.98 Å². The molecule has 4 heteroatoms. The van der Waals surface area contributed by atoms with Crippen molar-refractivity contribution < 1.29 is 4.42 Å². The van der Waals surface area contributed by atoms with Crippen molar-refractivity contribution >= 4 is 82.4 Å². The van der Waals surface area contributed by atoms with E-state index >= 15 is 0 Å². The van der Waals surface area contributed by atoms with Gasteiger partial charge in [0, 0.05) is 55.8 Å². The van der Waals surface area contributed by atoms with Crippen molar-refractivity contribution in [3.8, 4) is 27.9 Å². The Morgan fingerprint density at radius 2 is 1.05 bits per heavy atom. The van der Waals surface area contributed by atoms with Crippen LogP contribution in [0.15, 0.2) is 217 Å². The zero-order valence-electron chi connectivity index (χ0n) is 32.0. The molecule has 0 aliphatic heterocycles. The average molecular weight is 754 g/mol.